The third-order valence-corrected chi connectivity index (χ3v) is 8.86. The number of hydrogen-bond acceptors (Lipinski definition) is 6. The van der Waals surface area contributed by atoms with Crippen molar-refractivity contribution in [3.8, 4) is 0 Å². The lowest BCUT2D eigenvalue weighted by Crippen LogP contribution is -2.42. The van der Waals surface area contributed by atoms with E-state index < -0.39 is 11.6 Å². The first-order valence-corrected chi connectivity index (χ1v) is 13.9. The zero-order chi connectivity index (χ0) is 25.2. The number of thiazole rings is 1. The van der Waals surface area contributed by atoms with Gasteiger partial charge in [-0.15, -0.1) is 11.3 Å². The molecular weight excluding hydrogens is 466 g/mol. The van der Waals surface area contributed by atoms with Gasteiger partial charge in [-0.3, -0.25) is 9.59 Å². The number of amides is 2. The van der Waals surface area contributed by atoms with Crippen LogP contribution in [0.25, 0.3) is 0 Å². The van der Waals surface area contributed by atoms with E-state index >= 15 is 0 Å². The standard InChI is InChI=1S/C26H39N3O5S/c1-26(2,3)34-25(33)29-14-12-20-21(13-15-29)35-23(28-20)17-6-4-16(5-7-17)22(30)27-19-10-8-18(9-11-19)24(31)32/h16-19H,4-15H2,1-3H3,(H,27,30)(H,31,32). The molecule has 8 nitrogen and oxygen atoms in total. The second kappa shape index (κ2) is 10.8. The number of nitrogens with one attached hydrogen (secondary N) is 1. The van der Waals surface area contributed by atoms with Crippen LogP contribution in [0, 0.1) is 11.8 Å². The van der Waals surface area contributed by atoms with E-state index in [1.807, 2.05) is 20.8 Å². The van der Waals surface area contributed by atoms with E-state index in [-0.39, 0.29) is 29.9 Å². The van der Waals surface area contributed by atoms with Gasteiger partial charge in [0, 0.05) is 48.7 Å². The van der Waals surface area contributed by atoms with E-state index in [0.29, 0.717) is 31.8 Å². The Balaban J connectivity index is 1.24. The highest BCUT2D eigenvalue weighted by atomic mass is 32.1. The van der Waals surface area contributed by atoms with Crippen molar-refractivity contribution in [2.24, 2.45) is 11.8 Å². The van der Waals surface area contributed by atoms with Crippen LogP contribution in [0.15, 0.2) is 0 Å². The zero-order valence-electron chi connectivity index (χ0n) is 21.2. The highest BCUT2D eigenvalue weighted by Crippen LogP contribution is 2.39. The van der Waals surface area contributed by atoms with Gasteiger partial charge in [-0.1, -0.05) is 0 Å². The molecule has 0 saturated heterocycles. The van der Waals surface area contributed by atoms with Crippen LogP contribution >= 0.6 is 11.3 Å². The average Bonchev–Trinajstić information content (AvgIpc) is 3.11. The second-order valence-electron chi connectivity index (χ2n) is 11.3. The number of ether oxygens (including phenoxy) is 1. The van der Waals surface area contributed by atoms with Crippen LogP contribution in [0.2, 0.25) is 0 Å². The monoisotopic (exact) mass is 505 g/mol. The maximum Gasteiger partial charge on any atom is 0.410 e. The maximum atomic E-state index is 12.8. The van der Waals surface area contributed by atoms with Crippen molar-refractivity contribution in [1.82, 2.24) is 15.2 Å². The summed E-state index contributed by atoms with van der Waals surface area (Å²) in [4.78, 5) is 44.4. The molecule has 9 heteroatoms. The molecule has 2 amide bonds. The van der Waals surface area contributed by atoms with Crippen molar-refractivity contribution < 1.29 is 24.2 Å². The van der Waals surface area contributed by atoms with Crippen molar-refractivity contribution in [2.75, 3.05) is 13.1 Å². The van der Waals surface area contributed by atoms with Crippen molar-refractivity contribution in [1.29, 1.82) is 0 Å². The lowest BCUT2D eigenvalue weighted by Gasteiger charge is -2.31. The molecule has 2 N–H and O–H groups in total. The first-order chi connectivity index (χ1) is 16.6. The molecule has 3 aliphatic rings. The summed E-state index contributed by atoms with van der Waals surface area (Å²) >= 11 is 1.78. The van der Waals surface area contributed by atoms with Gasteiger partial charge in [-0.05, 0) is 72.1 Å². The molecule has 0 aromatic carbocycles. The minimum Gasteiger partial charge on any atom is -0.481 e. The van der Waals surface area contributed by atoms with Crippen LogP contribution in [0.1, 0.15) is 93.6 Å². The summed E-state index contributed by atoms with van der Waals surface area (Å²) in [5.41, 5.74) is 0.628. The first kappa shape index (κ1) is 25.9. The first-order valence-electron chi connectivity index (χ1n) is 13.1. The minimum atomic E-state index is -0.715. The second-order valence-corrected chi connectivity index (χ2v) is 12.4. The van der Waals surface area contributed by atoms with E-state index in [9.17, 15) is 14.4 Å². The van der Waals surface area contributed by atoms with Crippen molar-refractivity contribution in [3.05, 3.63) is 15.6 Å². The van der Waals surface area contributed by atoms with Gasteiger partial charge in [0.1, 0.15) is 5.60 Å². The number of carboxylic acid groups (broad SMARTS) is 1. The highest BCUT2D eigenvalue weighted by Gasteiger charge is 2.33. The largest absolute Gasteiger partial charge is 0.481 e. The van der Waals surface area contributed by atoms with Gasteiger partial charge in [-0.25, -0.2) is 9.78 Å². The molecule has 1 aromatic rings. The molecule has 0 unspecified atom stereocenters. The molecule has 0 bridgehead atoms. The molecular formula is C26H39N3O5S. The lowest BCUT2D eigenvalue weighted by atomic mass is 9.81. The van der Waals surface area contributed by atoms with Gasteiger partial charge in [0.2, 0.25) is 5.91 Å². The molecule has 1 aliphatic heterocycles. The average molecular weight is 506 g/mol. The number of carboxylic acids is 1. The van der Waals surface area contributed by atoms with Gasteiger partial charge in [0.05, 0.1) is 16.6 Å². The minimum absolute atomic E-state index is 0.0450. The van der Waals surface area contributed by atoms with E-state index in [0.717, 1.165) is 57.1 Å². The number of rotatable bonds is 4. The summed E-state index contributed by atoms with van der Waals surface area (Å²) in [5.74, 6) is -0.382. The third kappa shape index (κ3) is 6.74. The van der Waals surface area contributed by atoms with Crippen LogP contribution in [0.5, 0.6) is 0 Å². The molecule has 2 fully saturated rings. The van der Waals surface area contributed by atoms with Crippen molar-refractivity contribution in [2.45, 2.75) is 103 Å². The fraction of sp³-hybridized carbons (Fsp3) is 0.769. The Hall–Kier alpha value is -2.16. The Morgan fingerprint density at radius 3 is 2.23 bits per heavy atom. The van der Waals surface area contributed by atoms with Crippen LogP contribution in [-0.2, 0) is 27.2 Å². The summed E-state index contributed by atoms with van der Waals surface area (Å²) < 4.78 is 5.53. The number of fused-ring (bicyclic) bond motifs is 1. The van der Waals surface area contributed by atoms with Crippen LogP contribution < -0.4 is 5.32 Å². The number of aliphatic carboxylic acids is 1. The van der Waals surface area contributed by atoms with Gasteiger partial charge < -0.3 is 20.1 Å². The SMILES string of the molecule is CC(C)(C)OC(=O)N1CCc2nc(C3CCC(C(=O)NC4CCC(C(=O)O)CC4)CC3)sc2CC1. The molecule has 2 saturated carbocycles. The Bertz CT molecular complexity index is 898. The van der Waals surface area contributed by atoms with Crippen LogP contribution in [0.4, 0.5) is 4.79 Å². The molecule has 2 heterocycles. The van der Waals surface area contributed by atoms with E-state index in [2.05, 4.69) is 5.32 Å². The molecule has 1 aromatic heterocycles. The fourth-order valence-corrected chi connectivity index (χ4v) is 6.74. The number of hydrogen-bond donors (Lipinski definition) is 2. The predicted molar refractivity (Wildman–Crippen MR) is 134 cm³/mol. The van der Waals surface area contributed by atoms with E-state index in [4.69, 9.17) is 14.8 Å². The smallest absolute Gasteiger partial charge is 0.410 e. The zero-order valence-corrected chi connectivity index (χ0v) is 22.0. The number of aromatic nitrogens is 1. The van der Waals surface area contributed by atoms with E-state index in [1.165, 1.54) is 9.88 Å². The third-order valence-electron chi connectivity index (χ3n) is 7.54. The van der Waals surface area contributed by atoms with Gasteiger partial charge >= 0.3 is 12.1 Å². The lowest BCUT2D eigenvalue weighted by molar-refractivity contribution is -0.142. The summed E-state index contributed by atoms with van der Waals surface area (Å²) in [7, 11) is 0. The molecule has 0 atom stereocenters. The summed E-state index contributed by atoms with van der Waals surface area (Å²) in [6.45, 7) is 6.95. The number of nitrogens with zero attached hydrogens (tertiary/aromatic N) is 2. The Kier molecular flexibility index (Phi) is 8.03. The Morgan fingerprint density at radius 2 is 1.60 bits per heavy atom. The molecule has 194 valence electrons. The Labute approximate surface area is 211 Å². The fourth-order valence-electron chi connectivity index (χ4n) is 5.47. The molecule has 35 heavy (non-hydrogen) atoms. The van der Waals surface area contributed by atoms with Gasteiger partial charge in [0.25, 0.3) is 0 Å². The van der Waals surface area contributed by atoms with Gasteiger partial charge in [0.15, 0.2) is 0 Å². The molecule has 2 aliphatic carbocycles. The Morgan fingerprint density at radius 1 is 0.971 bits per heavy atom. The molecule has 4 rings (SSSR count). The number of carbonyl (C=O) groups is 3. The van der Waals surface area contributed by atoms with Crippen molar-refractivity contribution >= 4 is 29.3 Å². The number of carbonyl (C=O) groups excluding carboxylic acids is 2. The van der Waals surface area contributed by atoms with Crippen LogP contribution in [0.3, 0.4) is 0 Å². The highest BCUT2D eigenvalue weighted by molar-refractivity contribution is 7.11. The molecule has 0 spiro atoms. The van der Waals surface area contributed by atoms with Crippen LogP contribution in [-0.4, -0.2) is 57.7 Å². The summed E-state index contributed by atoms with van der Waals surface area (Å²) in [6.07, 6.45) is 7.83. The maximum absolute atomic E-state index is 12.8. The normalized spacial score (nSPS) is 27.5. The predicted octanol–water partition coefficient (Wildman–Crippen LogP) is 4.51. The summed E-state index contributed by atoms with van der Waals surface area (Å²) in [5, 5.41) is 13.5. The quantitative estimate of drug-likeness (QED) is 0.623. The van der Waals surface area contributed by atoms with E-state index in [1.54, 1.807) is 16.2 Å². The molecule has 0 radical (unpaired) electrons. The summed E-state index contributed by atoms with van der Waals surface area (Å²) in [6, 6.07) is 0.116. The topological polar surface area (TPSA) is 109 Å². The van der Waals surface area contributed by atoms with Gasteiger partial charge in [-0.2, -0.15) is 0 Å². The van der Waals surface area contributed by atoms with Crippen molar-refractivity contribution in [3.63, 3.8) is 0 Å².